The van der Waals surface area contributed by atoms with Crippen molar-refractivity contribution < 1.29 is 0 Å². The highest BCUT2D eigenvalue weighted by Crippen LogP contribution is 2.29. The van der Waals surface area contributed by atoms with Crippen LogP contribution in [0.2, 0.25) is 0 Å². The number of nitrogens with two attached hydrogens (primary N) is 1. The molecule has 112 valence electrons. The molecule has 0 saturated carbocycles. The highest BCUT2D eigenvalue weighted by Gasteiger charge is 2.33. The Morgan fingerprint density at radius 1 is 1.05 bits per heavy atom. The number of rotatable bonds is 3. The van der Waals surface area contributed by atoms with Gasteiger partial charge in [-0.25, -0.2) is 5.01 Å². The van der Waals surface area contributed by atoms with Gasteiger partial charge in [-0.3, -0.25) is 5.41 Å². The van der Waals surface area contributed by atoms with Crippen LogP contribution in [0.4, 0.5) is 11.4 Å². The molecule has 0 radical (unpaired) electrons. The summed E-state index contributed by atoms with van der Waals surface area (Å²) in [5, 5.41) is 14.4. The molecule has 0 aromatic heterocycles. The van der Waals surface area contributed by atoms with E-state index in [1.54, 1.807) is 5.01 Å². The Morgan fingerprint density at radius 3 is 2.27 bits per heavy atom. The van der Waals surface area contributed by atoms with Crippen LogP contribution < -0.4 is 15.6 Å². The first-order chi connectivity index (χ1) is 10.6. The number of hydrazone groups is 1. The van der Waals surface area contributed by atoms with Gasteiger partial charge in [0.05, 0.1) is 5.69 Å². The molecular formula is C17H19N5. The SMILES string of the molecule is CN(C)c1ccc(C2C(=N)N(c3ccccc3)N=C2N)cc1. The second-order valence-corrected chi connectivity index (χ2v) is 5.48. The maximum absolute atomic E-state index is 8.43. The lowest BCUT2D eigenvalue weighted by atomic mass is 9.97. The predicted molar refractivity (Wildman–Crippen MR) is 91.8 cm³/mol. The molecule has 1 heterocycles. The zero-order valence-corrected chi connectivity index (χ0v) is 12.7. The largest absolute Gasteiger partial charge is 0.385 e. The number of nitrogens with zero attached hydrogens (tertiary/aromatic N) is 3. The third-order valence-corrected chi connectivity index (χ3v) is 3.76. The van der Waals surface area contributed by atoms with Crippen molar-refractivity contribution in [2.75, 3.05) is 24.0 Å². The topological polar surface area (TPSA) is 68.7 Å². The van der Waals surface area contributed by atoms with E-state index in [4.69, 9.17) is 11.1 Å². The Kier molecular flexibility index (Phi) is 3.55. The molecule has 1 atom stereocenters. The van der Waals surface area contributed by atoms with Gasteiger partial charge < -0.3 is 10.6 Å². The Morgan fingerprint density at radius 2 is 1.68 bits per heavy atom. The molecular weight excluding hydrogens is 274 g/mol. The summed E-state index contributed by atoms with van der Waals surface area (Å²) in [7, 11) is 4.00. The van der Waals surface area contributed by atoms with E-state index in [1.807, 2.05) is 73.6 Å². The lowest BCUT2D eigenvalue weighted by molar-refractivity contribution is 1.10. The number of nitrogens with one attached hydrogen (secondary N) is 1. The zero-order valence-electron chi connectivity index (χ0n) is 12.7. The third-order valence-electron chi connectivity index (χ3n) is 3.76. The highest BCUT2D eigenvalue weighted by molar-refractivity contribution is 6.19. The molecule has 3 rings (SSSR count). The van der Waals surface area contributed by atoms with Gasteiger partial charge in [0.15, 0.2) is 0 Å². The molecule has 2 aromatic carbocycles. The minimum Gasteiger partial charge on any atom is -0.385 e. The number of hydrogen-bond donors (Lipinski definition) is 2. The van der Waals surface area contributed by atoms with Gasteiger partial charge in [0.25, 0.3) is 0 Å². The lowest BCUT2D eigenvalue weighted by Crippen LogP contribution is -2.27. The molecule has 0 amide bonds. The van der Waals surface area contributed by atoms with E-state index < -0.39 is 0 Å². The summed E-state index contributed by atoms with van der Waals surface area (Å²) in [6, 6.07) is 17.7. The number of para-hydroxylation sites is 1. The van der Waals surface area contributed by atoms with Crippen molar-refractivity contribution in [3.05, 3.63) is 60.2 Å². The molecule has 0 bridgehead atoms. The number of anilines is 2. The van der Waals surface area contributed by atoms with Gasteiger partial charge in [-0.15, -0.1) is 0 Å². The van der Waals surface area contributed by atoms with Gasteiger partial charge in [0, 0.05) is 19.8 Å². The molecule has 1 aliphatic heterocycles. The van der Waals surface area contributed by atoms with E-state index in [9.17, 15) is 0 Å². The van der Waals surface area contributed by atoms with Crippen LogP contribution in [0.25, 0.3) is 0 Å². The molecule has 0 spiro atoms. The molecule has 0 saturated heterocycles. The van der Waals surface area contributed by atoms with E-state index in [-0.39, 0.29) is 5.92 Å². The second-order valence-electron chi connectivity index (χ2n) is 5.48. The van der Waals surface area contributed by atoms with Crippen LogP contribution in [0.5, 0.6) is 0 Å². The van der Waals surface area contributed by atoms with Gasteiger partial charge in [0.1, 0.15) is 17.6 Å². The molecule has 22 heavy (non-hydrogen) atoms. The number of amidine groups is 2. The van der Waals surface area contributed by atoms with Crippen molar-refractivity contribution in [3.8, 4) is 0 Å². The molecule has 1 aliphatic rings. The van der Waals surface area contributed by atoms with Gasteiger partial charge >= 0.3 is 0 Å². The van der Waals surface area contributed by atoms with Crippen LogP contribution in [0, 0.1) is 5.41 Å². The molecule has 0 aliphatic carbocycles. The lowest BCUT2D eigenvalue weighted by Gasteiger charge is -2.18. The standard InChI is InChI=1S/C17H19N5/c1-21(2)13-10-8-12(9-11-13)15-16(18)20-22(17(15)19)14-6-4-3-5-7-14/h3-11,15,19H,1-2H3,(H2,18,20). The van der Waals surface area contributed by atoms with Crippen molar-refractivity contribution >= 4 is 23.0 Å². The number of hydrogen-bond acceptors (Lipinski definition) is 4. The maximum Gasteiger partial charge on any atom is 0.138 e. The van der Waals surface area contributed by atoms with E-state index in [2.05, 4.69) is 5.10 Å². The molecule has 3 N–H and O–H groups in total. The average Bonchev–Trinajstić information content (AvgIpc) is 2.83. The Bertz CT molecular complexity index is 704. The molecule has 5 heteroatoms. The first-order valence-corrected chi connectivity index (χ1v) is 7.13. The Labute approximate surface area is 130 Å². The summed E-state index contributed by atoms with van der Waals surface area (Å²) in [6.45, 7) is 0. The molecule has 5 nitrogen and oxygen atoms in total. The minimum atomic E-state index is -0.295. The normalized spacial score (nSPS) is 17.5. The molecule has 0 fully saturated rings. The van der Waals surface area contributed by atoms with Crippen molar-refractivity contribution in [1.29, 1.82) is 5.41 Å². The van der Waals surface area contributed by atoms with Gasteiger partial charge in [0.2, 0.25) is 0 Å². The van der Waals surface area contributed by atoms with E-state index in [0.717, 1.165) is 16.9 Å². The van der Waals surface area contributed by atoms with Gasteiger partial charge in [-0.05, 0) is 29.8 Å². The Balaban J connectivity index is 1.90. The summed E-state index contributed by atoms with van der Waals surface area (Å²) < 4.78 is 0. The summed E-state index contributed by atoms with van der Waals surface area (Å²) in [5.41, 5.74) is 9.03. The van der Waals surface area contributed by atoms with Crippen molar-refractivity contribution in [2.24, 2.45) is 10.8 Å². The fourth-order valence-electron chi connectivity index (χ4n) is 2.55. The van der Waals surface area contributed by atoms with E-state index in [0.29, 0.717) is 11.7 Å². The van der Waals surface area contributed by atoms with Crippen LogP contribution in [0.1, 0.15) is 11.5 Å². The first kappa shape index (κ1) is 14.1. The minimum absolute atomic E-state index is 0.295. The third kappa shape index (κ3) is 2.41. The summed E-state index contributed by atoms with van der Waals surface area (Å²) >= 11 is 0. The van der Waals surface area contributed by atoms with Crippen LogP contribution in [0.15, 0.2) is 59.7 Å². The average molecular weight is 293 g/mol. The summed E-state index contributed by atoms with van der Waals surface area (Å²) in [5.74, 6) is 0.532. The van der Waals surface area contributed by atoms with Crippen molar-refractivity contribution in [2.45, 2.75) is 5.92 Å². The molecule has 2 aromatic rings. The summed E-state index contributed by atoms with van der Waals surface area (Å²) in [6.07, 6.45) is 0. The van der Waals surface area contributed by atoms with Crippen molar-refractivity contribution in [1.82, 2.24) is 0 Å². The molecule has 1 unspecified atom stereocenters. The van der Waals surface area contributed by atoms with Gasteiger partial charge in [-0.2, -0.15) is 5.10 Å². The monoisotopic (exact) mass is 293 g/mol. The zero-order chi connectivity index (χ0) is 15.7. The predicted octanol–water partition coefficient (Wildman–Crippen LogP) is 2.61. The quantitative estimate of drug-likeness (QED) is 0.914. The van der Waals surface area contributed by atoms with Crippen LogP contribution in [-0.4, -0.2) is 25.8 Å². The van der Waals surface area contributed by atoms with E-state index >= 15 is 0 Å². The highest BCUT2D eigenvalue weighted by atomic mass is 15.5. The fraction of sp³-hybridized carbons (Fsp3) is 0.176. The van der Waals surface area contributed by atoms with E-state index in [1.165, 1.54) is 0 Å². The number of benzene rings is 2. The summed E-state index contributed by atoms with van der Waals surface area (Å²) in [4.78, 5) is 2.04. The fourth-order valence-corrected chi connectivity index (χ4v) is 2.55. The smallest absolute Gasteiger partial charge is 0.138 e. The van der Waals surface area contributed by atoms with Crippen molar-refractivity contribution in [3.63, 3.8) is 0 Å². The first-order valence-electron chi connectivity index (χ1n) is 7.13. The maximum atomic E-state index is 8.43. The van der Waals surface area contributed by atoms with Crippen LogP contribution in [-0.2, 0) is 0 Å². The van der Waals surface area contributed by atoms with Crippen LogP contribution in [0.3, 0.4) is 0 Å². The second kappa shape index (κ2) is 5.52. The Hall–Kier alpha value is -2.82. The van der Waals surface area contributed by atoms with Gasteiger partial charge in [-0.1, -0.05) is 30.3 Å². The van der Waals surface area contributed by atoms with Crippen LogP contribution >= 0.6 is 0 Å².